The van der Waals surface area contributed by atoms with Gasteiger partial charge in [0.2, 0.25) is 0 Å². The van der Waals surface area contributed by atoms with Crippen LogP contribution in [-0.2, 0) is 6.42 Å². The number of rotatable bonds is 0. The van der Waals surface area contributed by atoms with Gasteiger partial charge in [-0.15, -0.1) is 0 Å². The van der Waals surface area contributed by atoms with E-state index in [9.17, 15) is 0 Å². The number of pyridine rings is 1. The first kappa shape index (κ1) is 7.54. The molecule has 1 nitrogen and oxygen atoms in total. The lowest BCUT2D eigenvalue weighted by Crippen LogP contribution is -2.48. The van der Waals surface area contributed by atoms with Gasteiger partial charge in [-0.3, -0.25) is 4.98 Å². The summed E-state index contributed by atoms with van der Waals surface area (Å²) in [5, 5.41) is 0. The number of aromatic nitrogens is 1. The van der Waals surface area contributed by atoms with Crippen molar-refractivity contribution >= 4 is 0 Å². The fraction of sp³-hybridized carbons (Fsp3) is 0.583. The molecule has 1 heterocycles. The van der Waals surface area contributed by atoms with Crippen LogP contribution in [0.15, 0.2) is 18.3 Å². The standard InChI is InChI=1S/C12H15N/c1-12(2)8-6-10(12)9-4-3-5-13-11(9)7-8/h3-5,8,10H,6-7H2,1-2H3/t8-,10+/m1/s1. The third-order valence-electron chi connectivity index (χ3n) is 4.21. The minimum Gasteiger partial charge on any atom is -0.261 e. The fourth-order valence-corrected chi connectivity index (χ4v) is 3.06. The summed E-state index contributed by atoms with van der Waals surface area (Å²) < 4.78 is 0. The second-order valence-electron chi connectivity index (χ2n) is 5.05. The molecule has 0 aliphatic heterocycles. The van der Waals surface area contributed by atoms with Crippen LogP contribution < -0.4 is 0 Å². The molecule has 68 valence electrons. The van der Waals surface area contributed by atoms with Gasteiger partial charge >= 0.3 is 0 Å². The normalized spacial score (nSPS) is 33.4. The van der Waals surface area contributed by atoms with Crippen molar-refractivity contribution in [2.75, 3.05) is 0 Å². The minimum atomic E-state index is 0.538. The second kappa shape index (κ2) is 2.14. The van der Waals surface area contributed by atoms with Gasteiger partial charge in [0.25, 0.3) is 0 Å². The molecule has 2 bridgehead atoms. The third-order valence-corrected chi connectivity index (χ3v) is 4.21. The third kappa shape index (κ3) is 0.800. The molecule has 13 heavy (non-hydrogen) atoms. The van der Waals surface area contributed by atoms with Crippen molar-refractivity contribution in [3.63, 3.8) is 0 Å². The van der Waals surface area contributed by atoms with Crippen LogP contribution in [0, 0.1) is 11.3 Å². The summed E-state index contributed by atoms with van der Waals surface area (Å²) in [7, 11) is 0. The summed E-state index contributed by atoms with van der Waals surface area (Å²) in [6.45, 7) is 4.81. The summed E-state index contributed by atoms with van der Waals surface area (Å²) in [5.41, 5.74) is 3.42. The molecule has 1 heteroatoms. The van der Waals surface area contributed by atoms with E-state index in [4.69, 9.17) is 0 Å². The van der Waals surface area contributed by atoms with Crippen LogP contribution in [0.3, 0.4) is 0 Å². The minimum absolute atomic E-state index is 0.538. The van der Waals surface area contributed by atoms with Crippen molar-refractivity contribution in [3.8, 4) is 0 Å². The van der Waals surface area contributed by atoms with Gasteiger partial charge in [0.1, 0.15) is 0 Å². The highest BCUT2D eigenvalue weighted by Crippen LogP contribution is 2.61. The van der Waals surface area contributed by atoms with Gasteiger partial charge in [-0.2, -0.15) is 0 Å². The highest BCUT2D eigenvalue weighted by molar-refractivity contribution is 5.35. The van der Waals surface area contributed by atoms with Crippen LogP contribution in [0.4, 0.5) is 0 Å². The molecule has 4 rings (SSSR count). The second-order valence-corrected chi connectivity index (χ2v) is 5.05. The van der Waals surface area contributed by atoms with Crippen LogP contribution in [0.25, 0.3) is 0 Å². The summed E-state index contributed by atoms with van der Waals surface area (Å²) in [4.78, 5) is 4.47. The van der Waals surface area contributed by atoms with Gasteiger partial charge in [0.05, 0.1) is 0 Å². The SMILES string of the molecule is CC1(C)[C@H]2Cc3ncccc3[C@@H]1C2. The Hall–Kier alpha value is -0.850. The largest absolute Gasteiger partial charge is 0.261 e. The molecule has 0 N–H and O–H groups in total. The lowest BCUT2D eigenvalue weighted by atomic mass is 9.48. The van der Waals surface area contributed by atoms with Gasteiger partial charge in [-0.1, -0.05) is 19.9 Å². The van der Waals surface area contributed by atoms with Crippen molar-refractivity contribution in [1.82, 2.24) is 4.98 Å². The molecule has 0 unspecified atom stereocenters. The average molecular weight is 173 g/mol. The molecule has 0 spiro atoms. The Balaban J connectivity index is 2.13. The van der Waals surface area contributed by atoms with Crippen LogP contribution >= 0.6 is 0 Å². The molecule has 1 fully saturated rings. The summed E-state index contributed by atoms with van der Waals surface area (Å²) in [5.74, 6) is 1.68. The molecule has 2 atom stereocenters. The van der Waals surface area contributed by atoms with E-state index >= 15 is 0 Å². The Morgan fingerprint density at radius 2 is 2.31 bits per heavy atom. The molecular weight excluding hydrogens is 158 g/mol. The molecule has 1 aromatic heterocycles. The molecule has 0 aromatic carbocycles. The van der Waals surface area contributed by atoms with E-state index in [1.54, 1.807) is 0 Å². The Labute approximate surface area is 79.2 Å². The number of nitrogens with zero attached hydrogens (tertiary/aromatic N) is 1. The van der Waals surface area contributed by atoms with Crippen molar-refractivity contribution in [3.05, 3.63) is 29.6 Å². The van der Waals surface area contributed by atoms with E-state index in [0.29, 0.717) is 5.41 Å². The number of hydrogen-bond donors (Lipinski definition) is 0. The lowest BCUT2D eigenvalue weighted by molar-refractivity contribution is 0.0169. The van der Waals surface area contributed by atoms with E-state index in [1.807, 2.05) is 6.20 Å². The quantitative estimate of drug-likeness (QED) is 0.588. The van der Waals surface area contributed by atoms with Crippen molar-refractivity contribution < 1.29 is 0 Å². The fourth-order valence-electron chi connectivity index (χ4n) is 3.06. The smallest absolute Gasteiger partial charge is 0.0441 e. The number of hydrogen-bond acceptors (Lipinski definition) is 1. The summed E-state index contributed by atoms with van der Waals surface area (Å²) in [6, 6.07) is 4.34. The molecule has 0 amide bonds. The first-order valence-corrected chi connectivity index (χ1v) is 5.13. The van der Waals surface area contributed by atoms with E-state index in [2.05, 4.69) is 31.0 Å². The summed E-state index contributed by atoms with van der Waals surface area (Å²) in [6.07, 6.45) is 4.53. The lowest BCUT2D eigenvalue weighted by Gasteiger charge is -2.56. The Morgan fingerprint density at radius 3 is 3.08 bits per heavy atom. The monoisotopic (exact) mass is 173 g/mol. The molecule has 0 radical (unpaired) electrons. The molecule has 1 aromatic rings. The predicted octanol–water partition coefficient (Wildman–Crippen LogP) is 2.77. The van der Waals surface area contributed by atoms with Crippen LogP contribution in [-0.4, -0.2) is 4.98 Å². The zero-order valence-electron chi connectivity index (χ0n) is 8.25. The highest BCUT2D eigenvalue weighted by atomic mass is 14.7. The van der Waals surface area contributed by atoms with Crippen LogP contribution in [0.2, 0.25) is 0 Å². The van der Waals surface area contributed by atoms with Gasteiger partial charge < -0.3 is 0 Å². The summed E-state index contributed by atoms with van der Waals surface area (Å²) >= 11 is 0. The van der Waals surface area contributed by atoms with E-state index in [0.717, 1.165) is 11.8 Å². The molecular formula is C12H15N. The molecule has 0 saturated heterocycles. The topological polar surface area (TPSA) is 12.9 Å². The van der Waals surface area contributed by atoms with E-state index in [1.165, 1.54) is 24.1 Å². The maximum absolute atomic E-state index is 4.47. The Bertz CT molecular complexity index is 354. The first-order valence-electron chi connectivity index (χ1n) is 5.13. The predicted molar refractivity (Wildman–Crippen MR) is 52.6 cm³/mol. The molecule has 3 aliphatic rings. The maximum atomic E-state index is 4.47. The van der Waals surface area contributed by atoms with E-state index < -0.39 is 0 Å². The van der Waals surface area contributed by atoms with Crippen LogP contribution in [0.1, 0.15) is 37.4 Å². The van der Waals surface area contributed by atoms with Crippen molar-refractivity contribution in [2.45, 2.75) is 32.6 Å². The Morgan fingerprint density at radius 1 is 1.46 bits per heavy atom. The van der Waals surface area contributed by atoms with Gasteiger partial charge in [0.15, 0.2) is 0 Å². The van der Waals surface area contributed by atoms with Crippen molar-refractivity contribution in [1.29, 1.82) is 0 Å². The Kier molecular flexibility index (Phi) is 1.24. The van der Waals surface area contributed by atoms with Gasteiger partial charge in [-0.05, 0) is 41.7 Å². The van der Waals surface area contributed by atoms with E-state index in [-0.39, 0.29) is 0 Å². The molecule has 1 saturated carbocycles. The van der Waals surface area contributed by atoms with Gasteiger partial charge in [-0.25, -0.2) is 0 Å². The molecule has 3 aliphatic carbocycles. The zero-order chi connectivity index (χ0) is 9.05. The average Bonchev–Trinajstić information content (AvgIpc) is 2.16. The van der Waals surface area contributed by atoms with Gasteiger partial charge in [0, 0.05) is 11.9 Å². The zero-order valence-corrected chi connectivity index (χ0v) is 8.25. The van der Waals surface area contributed by atoms with Crippen molar-refractivity contribution in [2.24, 2.45) is 11.3 Å². The first-order chi connectivity index (χ1) is 6.19. The highest BCUT2D eigenvalue weighted by Gasteiger charge is 2.52. The van der Waals surface area contributed by atoms with Crippen LogP contribution in [0.5, 0.6) is 0 Å². The maximum Gasteiger partial charge on any atom is 0.0441 e.